The minimum atomic E-state index is 0. The van der Waals surface area contributed by atoms with Gasteiger partial charge in [0.05, 0.1) is 27.7 Å². The lowest BCUT2D eigenvalue weighted by Crippen LogP contribution is -3.00. The van der Waals surface area contributed by atoms with E-state index in [-0.39, 0.29) is 17.0 Å². The third-order valence-electron chi connectivity index (χ3n) is 2.93. The van der Waals surface area contributed by atoms with E-state index >= 15 is 0 Å². The van der Waals surface area contributed by atoms with E-state index in [2.05, 4.69) is 63.6 Å². The zero-order valence-corrected chi connectivity index (χ0v) is 12.4. The van der Waals surface area contributed by atoms with Crippen LogP contribution in [0.2, 0.25) is 0 Å². The molecule has 0 N–H and O–H groups in total. The third kappa shape index (κ3) is 3.83. The quantitative estimate of drug-likeness (QED) is 0.704. The summed E-state index contributed by atoms with van der Waals surface area (Å²) in [7, 11) is 6.72. The summed E-state index contributed by atoms with van der Waals surface area (Å²) in [4.78, 5) is 0. The van der Waals surface area contributed by atoms with Gasteiger partial charge in [-0.25, -0.2) is 0 Å². The molecule has 0 aliphatic rings. The number of hydrogen-bond acceptors (Lipinski definition) is 0. The van der Waals surface area contributed by atoms with Crippen molar-refractivity contribution in [2.24, 2.45) is 0 Å². The van der Waals surface area contributed by atoms with Crippen molar-refractivity contribution in [3.63, 3.8) is 0 Å². The normalized spacial score (nSPS) is 11.2. The summed E-state index contributed by atoms with van der Waals surface area (Å²) >= 11 is 0. The highest BCUT2D eigenvalue weighted by molar-refractivity contribution is 5.85. The van der Waals surface area contributed by atoms with Crippen molar-refractivity contribution in [3.8, 4) is 0 Å². The summed E-state index contributed by atoms with van der Waals surface area (Å²) in [6.07, 6.45) is 1.14. The summed E-state index contributed by atoms with van der Waals surface area (Å²) in [5, 5.41) is 2.75. The molecular weight excluding hydrogens is 274 g/mol. The molecule has 17 heavy (non-hydrogen) atoms. The lowest BCUT2D eigenvalue weighted by molar-refractivity contribution is -0.870. The summed E-state index contributed by atoms with van der Waals surface area (Å²) in [5.41, 5.74) is 1.46. The average Bonchev–Trinajstić information content (AvgIpc) is 2.25. The second-order valence-electron chi connectivity index (χ2n) is 5.40. The molecule has 2 aromatic rings. The number of likely N-dealkylation sites (N-methyl/N-ethyl adjacent to an activating group) is 1. The molecule has 0 aromatic heterocycles. The average molecular weight is 294 g/mol. The van der Waals surface area contributed by atoms with Crippen LogP contribution in [0.1, 0.15) is 5.56 Å². The molecule has 0 fully saturated rings. The van der Waals surface area contributed by atoms with Crippen LogP contribution in [0.3, 0.4) is 0 Å². The molecule has 0 bridgehead atoms. The van der Waals surface area contributed by atoms with Crippen LogP contribution in [0, 0.1) is 0 Å². The first-order chi connectivity index (χ1) is 7.56. The summed E-state index contributed by atoms with van der Waals surface area (Å²) in [5.74, 6) is 0. The Morgan fingerprint density at radius 3 is 2.24 bits per heavy atom. The number of fused-ring (bicyclic) bond motifs is 1. The van der Waals surface area contributed by atoms with Crippen LogP contribution in [-0.2, 0) is 6.42 Å². The fourth-order valence-electron chi connectivity index (χ4n) is 1.97. The van der Waals surface area contributed by atoms with Gasteiger partial charge in [-0.15, -0.1) is 0 Å². The van der Waals surface area contributed by atoms with E-state index in [1.54, 1.807) is 0 Å². The van der Waals surface area contributed by atoms with Gasteiger partial charge in [0.25, 0.3) is 0 Å². The zero-order chi connectivity index (χ0) is 11.6. The van der Waals surface area contributed by atoms with Gasteiger partial charge in [0, 0.05) is 6.42 Å². The second-order valence-corrected chi connectivity index (χ2v) is 5.40. The van der Waals surface area contributed by atoms with Crippen molar-refractivity contribution in [2.75, 3.05) is 27.7 Å². The zero-order valence-electron chi connectivity index (χ0n) is 10.8. The molecular formula is C15H20BrN. The fraction of sp³-hybridized carbons (Fsp3) is 0.333. The maximum Gasteiger partial charge on any atom is 0.0821 e. The molecule has 2 aromatic carbocycles. The first-order valence-corrected chi connectivity index (χ1v) is 5.83. The van der Waals surface area contributed by atoms with Gasteiger partial charge in [-0.1, -0.05) is 42.5 Å². The van der Waals surface area contributed by atoms with Crippen molar-refractivity contribution < 1.29 is 21.5 Å². The molecule has 0 aliphatic heterocycles. The van der Waals surface area contributed by atoms with E-state index in [1.807, 2.05) is 0 Å². The smallest absolute Gasteiger partial charge is 0.0821 e. The Labute approximate surface area is 114 Å². The van der Waals surface area contributed by atoms with Crippen molar-refractivity contribution in [1.82, 2.24) is 0 Å². The number of quaternary nitrogens is 1. The standard InChI is InChI=1S/C15H20N.BrH/c1-16(2,3)12-11-14-9-6-8-13-7-4-5-10-15(13)14;/h4-10H,11-12H2,1-3H3;1H/q+1;/p-1. The number of nitrogens with zero attached hydrogens (tertiary/aromatic N) is 1. The molecule has 0 amide bonds. The van der Waals surface area contributed by atoms with Crippen LogP contribution in [-0.4, -0.2) is 32.2 Å². The fourth-order valence-corrected chi connectivity index (χ4v) is 1.97. The molecule has 0 unspecified atom stereocenters. The van der Waals surface area contributed by atoms with Gasteiger partial charge in [-0.2, -0.15) is 0 Å². The number of benzene rings is 2. The van der Waals surface area contributed by atoms with Gasteiger partial charge >= 0.3 is 0 Å². The van der Waals surface area contributed by atoms with Gasteiger partial charge in [0.2, 0.25) is 0 Å². The Balaban J connectivity index is 0.00000144. The molecule has 0 atom stereocenters. The summed E-state index contributed by atoms with van der Waals surface area (Å²) < 4.78 is 1.02. The first-order valence-electron chi connectivity index (χ1n) is 5.83. The summed E-state index contributed by atoms with van der Waals surface area (Å²) in [6.45, 7) is 1.17. The monoisotopic (exact) mass is 293 g/mol. The highest BCUT2D eigenvalue weighted by atomic mass is 79.9. The van der Waals surface area contributed by atoms with Crippen LogP contribution in [0.4, 0.5) is 0 Å². The Bertz CT molecular complexity index is 480. The lowest BCUT2D eigenvalue weighted by Gasteiger charge is -2.24. The molecule has 2 rings (SSSR count). The third-order valence-corrected chi connectivity index (χ3v) is 2.93. The van der Waals surface area contributed by atoms with Crippen LogP contribution in [0.25, 0.3) is 10.8 Å². The van der Waals surface area contributed by atoms with Crippen LogP contribution < -0.4 is 17.0 Å². The molecule has 1 nitrogen and oxygen atoms in total. The summed E-state index contributed by atoms with van der Waals surface area (Å²) in [6, 6.07) is 15.2. The van der Waals surface area contributed by atoms with E-state index in [0.29, 0.717) is 0 Å². The van der Waals surface area contributed by atoms with E-state index in [1.165, 1.54) is 22.9 Å². The lowest BCUT2D eigenvalue weighted by atomic mass is 10.0. The van der Waals surface area contributed by atoms with Crippen LogP contribution in [0.15, 0.2) is 42.5 Å². The Hall–Kier alpha value is -0.860. The van der Waals surface area contributed by atoms with Crippen LogP contribution >= 0.6 is 0 Å². The molecule has 92 valence electrons. The molecule has 0 radical (unpaired) electrons. The van der Waals surface area contributed by atoms with Gasteiger partial charge < -0.3 is 21.5 Å². The predicted octanol–water partition coefficient (Wildman–Crippen LogP) is 0.0925. The number of halogens is 1. The number of rotatable bonds is 3. The highest BCUT2D eigenvalue weighted by Gasteiger charge is 2.08. The molecule has 0 saturated carbocycles. The van der Waals surface area contributed by atoms with Crippen molar-refractivity contribution in [1.29, 1.82) is 0 Å². The van der Waals surface area contributed by atoms with Gasteiger partial charge in [-0.3, -0.25) is 0 Å². The topological polar surface area (TPSA) is 0 Å². The minimum Gasteiger partial charge on any atom is -1.00 e. The maximum absolute atomic E-state index is 2.25. The van der Waals surface area contributed by atoms with E-state index in [4.69, 9.17) is 0 Å². The Kier molecular flexibility index (Phi) is 4.72. The highest BCUT2D eigenvalue weighted by Crippen LogP contribution is 2.19. The Morgan fingerprint density at radius 1 is 0.882 bits per heavy atom. The van der Waals surface area contributed by atoms with E-state index in [0.717, 1.165) is 10.9 Å². The first kappa shape index (κ1) is 14.2. The van der Waals surface area contributed by atoms with Gasteiger partial charge in [0.15, 0.2) is 0 Å². The molecule has 0 saturated heterocycles. The van der Waals surface area contributed by atoms with Gasteiger partial charge in [-0.05, 0) is 16.3 Å². The van der Waals surface area contributed by atoms with Crippen molar-refractivity contribution in [3.05, 3.63) is 48.0 Å². The SMILES string of the molecule is C[N+](C)(C)CCc1cccc2ccccc12.[Br-]. The molecule has 0 heterocycles. The van der Waals surface area contributed by atoms with E-state index in [9.17, 15) is 0 Å². The Morgan fingerprint density at radius 2 is 1.53 bits per heavy atom. The van der Waals surface area contributed by atoms with Crippen molar-refractivity contribution >= 4 is 10.8 Å². The molecule has 0 aliphatic carbocycles. The van der Waals surface area contributed by atoms with Crippen LogP contribution in [0.5, 0.6) is 0 Å². The van der Waals surface area contributed by atoms with Crippen molar-refractivity contribution in [2.45, 2.75) is 6.42 Å². The predicted molar refractivity (Wildman–Crippen MR) is 70.6 cm³/mol. The largest absolute Gasteiger partial charge is 1.00 e. The van der Waals surface area contributed by atoms with Gasteiger partial charge in [0.1, 0.15) is 0 Å². The van der Waals surface area contributed by atoms with E-state index < -0.39 is 0 Å². The molecule has 2 heteroatoms. The second kappa shape index (κ2) is 5.65. The maximum atomic E-state index is 2.25. The minimum absolute atomic E-state index is 0. The number of hydrogen-bond donors (Lipinski definition) is 0. The molecule has 0 spiro atoms.